The SMILES string of the molecule is COc1ccc2[nH]c3c(c2c1)CCN[C@]31C(=O)N(Cc2cn(Cc3ccccc3)nn2)c2ccc(F)cc21. The van der Waals surface area contributed by atoms with Gasteiger partial charge < -0.3 is 14.6 Å². The minimum absolute atomic E-state index is 0.171. The van der Waals surface area contributed by atoms with Crippen LogP contribution in [0.15, 0.2) is 72.9 Å². The van der Waals surface area contributed by atoms with E-state index in [1.807, 2.05) is 54.7 Å². The summed E-state index contributed by atoms with van der Waals surface area (Å²) in [6.07, 6.45) is 2.58. The average Bonchev–Trinajstić information content (AvgIpc) is 3.60. The molecule has 3 aromatic carbocycles. The predicted octanol–water partition coefficient (Wildman–Crippen LogP) is 3.89. The smallest absolute Gasteiger partial charge is 0.258 e. The number of carbonyl (C=O) groups excluding carboxylic acids is 1. The van der Waals surface area contributed by atoms with E-state index >= 15 is 0 Å². The van der Waals surface area contributed by atoms with Gasteiger partial charge in [0.25, 0.3) is 5.91 Å². The van der Waals surface area contributed by atoms with E-state index in [1.165, 1.54) is 12.1 Å². The zero-order chi connectivity index (χ0) is 25.9. The van der Waals surface area contributed by atoms with Gasteiger partial charge in [-0.05, 0) is 53.9 Å². The molecule has 5 aromatic rings. The van der Waals surface area contributed by atoms with Gasteiger partial charge in [-0.2, -0.15) is 0 Å². The number of aromatic amines is 1. The van der Waals surface area contributed by atoms with Gasteiger partial charge in [0.2, 0.25) is 0 Å². The molecule has 2 N–H and O–H groups in total. The Bertz CT molecular complexity index is 1690. The van der Waals surface area contributed by atoms with Crippen LogP contribution in [0.1, 0.15) is 28.1 Å². The van der Waals surface area contributed by atoms with Gasteiger partial charge in [-0.15, -0.1) is 5.10 Å². The van der Waals surface area contributed by atoms with E-state index in [0.717, 1.165) is 39.9 Å². The van der Waals surface area contributed by atoms with Crippen molar-refractivity contribution in [1.29, 1.82) is 0 Å². The highest BCUT2D eigenvalue weighted by Gasteiger charge is 2.55. The molecule has 2 aliphatic rings. The van der Waals surface area contributed by atoms with Crippen molar-refractivity contribution >= 4 is 22.5 Å². The molecule has 2 aliphatic heterocycles. The number of rotatable bonds is 5. The van der Waals surface area contributed by atoms with Crippen molar-refractivity contribution in [3.8, 4) is 5.75 Å². The first kappa shape index (κ1) is 22.7. The number of hydrogen-bond acceptors (Lipinski definition) is 5. The number of carbonyl (C=O) groups is 1. The Morgan fingerprint density at radius 3 is 2.79 bits per heavy atom. The van der Waals surface area contributed by atoms with Gasteiger partial charge in [0.1, 0.15) is 17.3 Å². The summed E-state index contributed by atoms with van der Waals surface area (Å²) in [5.74, 6) is 0.185. The number of benzene rings is 3. The van der Waals surface area contributed by atoms with E-state index in [4.69, 9.17) is 4.74 Å². The lowest BCUT2D eigenvalue weighted by atomic mass is 9.82. The van der Waals surface area contributed by atoms with Crippen LogP contribution in [0.3, 0.4) is 0 Å². The monoisotopic (exact) mass is 508 g/mol. The minimum atomic E-state index is -1.22. The van der Waals surface area contributed by atoms with Crippen molar-refractivity contribution in [3.05, 3.63) is 107 Å². The summed E-state index contributed by atoms with van der Waals surface area (Å²) in [4.78, 5) is 19.5. The van der Waals surface area contributed by atoms with Gasteiger partial charge in [0, 0.05) is 23.0 Å². The molecular weight excluding hydrogens is 483 g/mol. The lowest BCUT2D eigenvalue weighted by Gasteiger charge is -2.34. The number of H-pyrrole nitrogens is 1. The highest BCUT2D eigenvalue weighted by Crippen LogP contribution is 2.48. The molecule has 0 bridgehead atoms. The van der Waals surface area contributed by atoms with Gasteiger partial charge >= 0.3 is 0 Å². The third kappa shape index (κ3) is 3.35. The second-order valence-electron chi connectivity index (χ2n) is 9.76. The molecule has 4 heterocycles. The van der Waals surface area contributed by atoms with Crippen LogP contribution in [-0.4, -0.2) is 39.5 Å². The molecule has 1 amide bonds. The Morgan fingerprint density at radius 1 is 1.08 bits per heavy atom. The molecule has 0 fully saturated rings. The van der Waals surface area contributed by atoms with Crippen molar-refractivity contribution in [2.75, 3.05) is 18.6 Å². The molecular formula is C29H25FN6O2. The van der Waals surface area contributed by atoms with Gasteiger partial charge in [0.15, 0.2) is 5.54 Å². The molecule has 7 rings (SSSR count). The van der Waals surface area contributed by atoms with E-state index in [1.54, 1.807) is 22.8 Å². The largest absolute Gasteiger partial charge is 0.497 e. The molecule has 1 spiro atoms. The molecule has 0 unspecified atom stereocenters. The van der Waals surface area contributed by atoms with Gasteiger partial charge in [-0.25, -0.2) is 9.07 Å². The van der Waals surface area contributed by atoms with Crippen molar-refractivity contribution in [2.24, 2.45) is 0 Å². The maximum atomic E-state index is 14.7. The molecule has 38 heavy (non-hydrogen) atoms. The van der Waals surface area contributed by atoms with Gasteiger partial charge in [-0.1, -0.05) is 35.5 Å². The van der Waals surface area contributed by atoms with Crippen LogP contribution in [0.5, 0.6) is 5.75 Å². The predicted molar refractivity (Wildman–Crippen MR) is 140 cm³/mol. The second kappa shape index (κ2) is 8.53. The van der Waals surface area contributed by atoms with Crippen LogP contribution in [0, 0.1) is 5.82 Å². The molecule has 190 valence electrons. The lowest BCUT2D eigenvalue weighted by molar-refractivity contribution is -0.123. The molecule has 1 atom stereocenters. The third-order valence-electron chi connectivity index (χ3n) is 7.57. The molecule has 8 nitrogen and oxygen atoms in total. The van der Waals surface area contributed by atoms with E-state index in [-0.39, 0.29) is 12.5 Å². The number of hydrogen-bond donors (Lipinski definition) is 2. The van der Waals surface area contributed by atoms with Crippen LogP contribution in [0.25, 0.3) is 10.9 Å². The number of nitrogens with zero attached hydrogens (tertiary/aromatic N) is 4. The fraction of sp³-hybridized carbons (Fsp3) is 0.207. The van der Waals surface area contributed by atoms with Gasteiger partial charge in [0.05, 0.1) is 37.8 Å². The Hall–Kier alpha value is -4.50. The lowest BCUT2D eigenvalue weighted by Crippen LogP contribution is -2.55. The molecule has 0 saturated carbocycles. The fourth-order valence-electron chi connectivity index (χ4n) is 5.86. The number of amides is 1. The molecule has 2 aromatic heterocycles. The molecule has 0 radical (unpaired) electrons. The van der Waals surface area contributed by atoms with Crippen LogP contribution in [0.2, 0.25) is 0 Å². The van der Waals surface area contributed by atoms with Gasteiger partial charge in [-0.3, -0.25) is 10.1 Å². The summed E-state index contributed by atoms with van der Waals surface area (Å²) >= 11 is 0. The molecule has 9 heteroatoms. The van der Waals surface area contributed by atoms with Crippen LogP contribution >= 0.6 is 0 Å². The minimum Gasteiger partial charge on any atom is -0.497 e. The number of fused-ring (bicyclic) bond motifs is 6. The number of aromatic nitrogens is 4. The highest BCUT2D eigenvalue weighted by molar-refractivity contribution is 6.11. The van der Waals surface area contributed by atoms with Crippen molar-refractivity contribution in [2.45, 2.75) is 25.0 Å². The van der Waals surface area contributed by atoms with E-state index in [9.17, 15) is 9.18 Å². The Labute approximate surface area is 218 Å². The maximum Gasteiger partial charge on any atom is 0.258 e. The third-order valence-corrected chi connectivity index (χ3v) is 7.57. The van der Waals surface area contributed by atoms with Crippen molar-refractivity contribution < 1.29 is 13.9 Å². The van der Waals surface area contributed by atoms with E-state index in [0.29, 0.717) is 30.0 Å². The highest BCUT2D eigenvalue weighted by atomic mass is 19.1. The normalized spacial score (nSPS) is 18.3. The van der Waals surface area contributed by atoms with E-state index < -0.39 is 11.4 Å². The Balaban J connectivity index is 1.30. The molecule has 0 saturated heterocycles. The zero-order valence-electron chi connectivity index (χ0n) is 20.7. The standard InChI is InChI=1S/C29H25FN6O2/c1-38-21-8-9-25-23(14-21)22-11-12-31-29(27(22)32-25)24-13-19(30)7-10-26(24)36(28(29)37)17-20-16-35(34-33-20)15-18-5-3-2-4-6-18/h2-10,13-14,16,31-32H,11-12,15,17H2,1H3/t29-/m0/s1. The first-order valence-electron chi connectivity index (χ1n) is 12.6. The number of ether oxygens (including phenoxy) is 1. The summed E-state index contributed by atoms with van der Waals surface area (Å²) in [7, 11) is 1.64. The second-order valence-corrected chi connectivity index (χ2v) is 9.76. The van der Waals surface area contributed by atoms with Crippen molar-refractivity contribution in [3.63, 3.8) is 0 Å². The summed E-state index contributed by atoms with van der Waals surface area (Å²) in [6.45, 7) is 1.37. The zero-order valence-corrected chi connectivity index (χ0v) is 20.7. The summed E-state index contributed by atoms with van der Waals surface area (Å²) in [6, 6.07) is 20.4. The number of nitrogens with one attached hydrogen (secondary N) is 2. The summed E-state index contributed by atoms with van der Waals surface area (Å²) in [5.41, 5.74) is 4.48. The van der Waals surface area contributed by atoms with Crippen LogP contribution < -0.4 is 15.0 Å². The van der Waals surface area contributed by atoms with Crippen LogP contribution in [-0.2, 0) is 29.8 Å². The maximum absolute atomic E-state index is 14.7. The Morgan fingerprint density at radius 2 is 1.95 bits per heavy atom. The number of anilines is 1. The number of halogens is 1. The first-order valence-corrected chi connectivity index (χ1v) is 12.6. The first-order chi connectivity index (χ1) is 18.6. The summed E-state index contributed by atoms with van der Waals surface area (Å²) in [5, 5.41) is 13.1. The Kier molecular flexibility index (Phi) is 5.09. The van der Waals surface area contributed by atoms with Crippen LogP contribution in [0.4, 0.5) is 10.1 Å². The quantitative estimate of drug-likeness (QED) is 0.376. The average molecular weight is 509 g/mol. The summed E-state index contributed by atoms with van der Waals surface area (Å²) < 4.78 is 21.9. The fourth-order valence-corrected chi connectivity index (χ4v) is 5.86. The van der Waals surface area contributed by atoms with E-state index in [2.05, 4.69) is 20.6 Å². The topological polar surface area (TPSA) is 88.1 Å². The van der Waals surface area contributed by atoms with Crippen molar-refractivity contribution in [1.82, 2.24) is 25.3 Å². The number of methoxy groups -OCH3 is 1. The molecule has 0 aliphatic carbocycles.